The van der Waals surface area contributed by atoms with Crippen LogP contribution >= 0.6 is 0 Å². The molecule has 0 aromatic carbocycles. The quantitative estimate of drug-likeness (QED) is 0.627. The van der Waals surface area contributed by atoms with Crippen molar-refractivity contribution >= 4 is 11.7 Å². The van der Waals surface area contributed by atoms with Crippen molar-refractivity contribution in [1.82, 2.24) is 4.90 Å². The van der Waals surface area contributed by atoms with Crippen molar-refractivity contribution < 1.29 is 9.59 Å². The minimum Gasteiger partial charge on any atom is -0.345 e. The van der Waals surface area contributed by atoms with Crippen LogP contribution in [0.25, 0.3) is 0 Å². The van der Waals surface area contributed by atoms with Gasteiger partial charge in [0.15, 0.2) is 0 Å². The first-order valence-corrected chi connectivity index (χ1v) is 6.11. The first kappa shape index (κ1) is 15.1. The van der Waals surface area contributed by atoms with Crippen LogP contribution in [0.3, 0.4) is 0 Å². The normalized spacial score (nSPS) is 10.9. The van der Waals surface area contributed by atoms with Gasteiger partial charge in [-0.2, -0.15) is 0 Å². The topological polar surface area (TPSA) is 37.4 Å². The highest BCUT2D eigenvalue weighted by atomic mass is 16.2. The van der Waals surface area contributed by atoms with E-state index in [0.717, 1.165) is 19.4 Å². The maximum Gasteiger partial charge on any atom is 0.229 e. The Balaban J connectivity index is 3.86. The molecule has 0 bridgehead atoms. The second kappa shape index (κ2) is 7.42. The van der Waals surface area contributed by atoms with Gasteiger partial charge in [-0.1, -0.05) is 27.7 Å². The van der Waals surface area contributed by atoms with Crippen molar-refractivity contribution in [3.05, 3.63) is 0 Å². The lowest BCUT2D eigenvalue weighted by Gasteiger charge is -2.17. The molecule has 0 saturated carbocycles. The molecule has 16 heavy (non-hydrogen) atoms. The maximum absolute atomic E-state index is 11.6. The predicted molar refractivity (Wildman–Crippen MR) is 66.2 cm³/mol. The first-order chi connectivity index (χ1) is 7.34. The summed E-state index contributed by atoms with van der Waals surface area (Å²) in [6.45, 7) is 8.75. The van der Waals surface area contributed by atoms with Crippen LogP contribution in [0.15, 0.2) is 0 Å². The van der Waals surface area contributed by atoms with E-state index < -0.39 is 0 Å². The predicted octanol–water partition coefficient (Wildman–Crippen LogP) is 2.50. The molecule has 0 N–H and O–H groups in total. The van der Waals surface area contributed by atoms with Gasteiger partial charge in [-0.15, -0.1) is 0 Å². The summed E-state index contributed by atoms with van der Waals surface area (Å²) in [4.78, 5) is 24.7. The van der Waals surface area contributed by atoms with Crippen LogP contribution in [0, 0.1) is 11.8 Å². The van der Waals surface area contributed by atoms with Crippen molar-refractivity contribution in [3.63, 3.8) is 0 Å². The molecule has 3 nitrogen and oxygen atoms in total. The molecule has 0 aliphatic rings. The molecule has 0 rings (SSSR count). The van der Waals surface area contributed by atoms with Gasteiger partial charge in [0.05, 0.1) is 6.42 Å². The standard InChI is InChI=1S/C13H25NO2/c1-10(2)7-6-8-14(5)13(16)9-12(15)11(3)4/h10-11H,6-9H2,1-5H3. The lowest BCUT2D eigenvalue weighted by atomic mass is 10.1. The SMILES string of the molecule is CC(C)CCCN(C)C(=O)CC(=O)C(C)C. The Morgan fingerprint density at radius 1 is 1.12 bits per heavy atom. The fraction of sp³-hybridized carbons (Fsp3) is 0.846. The zero-order valence-electron chi connectivity index (χ0n) is 11.2. The largest absolute Gasteiger partial charge is 0.345 e. The molecule has 0 radical (unpaired) electrons. The van der Waals surface area contributed by atoms with Gasteiger partial charge >= 0.3 is 0 Å². The zero-order chi connectivity index (χ0) is 12.7. The van der Waals surface area contributed by atoms with Crippen LogP contribution in [0.2, 0.25) is 0 Å². The summed E-state index contributed by atoms with van der Waals surface area (Å²) in [6, 6.07) is 0. The number of carbonyl (C=O) groups is 2. The molecule has 0 aliphatic heterocycles. The molecule has 0 aromatic rings. The molecule has 0 heterocycles. The summed E-state index contributed by atoms with van der Waals surface area (Å²) in [5, 5.41) is 0. The van der Waals surface area contributed by atoms with Crippen LogP contribution < -0.4 is 0 Å². The Hall–Kier alpha value is -0.860. The highest BCUT2D eigenvalue weighted by Crippen LogP contribution is 2.06. The number of rotatable bonds is 7. The van der Waals surface area contributed by atoms with E-state index >= 15 is 0 Å². The van der Waals surface area contributed by atoms with E-state index in [-0.39, 0.29) is 24.0 Å². The number of carbonyl (C=O) groups excluding carboxylic acids is 2. The summed E-state index contributed by atoms with van der Waals surface area (Å²) in [7, 11) is 1.77. The molecular weight excluding hydrogens is 202 g/mol. The van der Waals surface area contributed by atoms with Crippen LogP contribution in [-0.2, 0) is 9.59 Å². The van der Waals surface area contributed by atoms with E-state index in [1.54, 1.807) is 11.9 Å². The highest BCUT2D eigenvalue weighted by molar-refractivity contribution is 5.98. The third-order valence-electron chi connectivity index (χ3n) is 2.67. The molecular formula is C13H25NO2. The third kappa shape index (κ3) is 6.59. The van der Waals surface area contributed by atoms with Crippen molar-refractivity contribution in [3.8, 4) is 0 Å². The first-order valence-electron chi connectivity index (χ1n) is 6.11. The fourth-order valence-corrected chi connectivity index (χ4v) is 1.35. The smallest absolute Gasteiger partial charge is 0.229 e. The highest BCUT2D eigenvalue weighted by Gasteiger charge is 2.15. The average molecular weight is 227 g/mol. The zero-order valence-corrected chi connectivity index (χ0v) is 11.2. The van der Waals surface area contributed by atoms with Gasteiger partial charge in [-0.05, 0) is 18.8 Å². The van der Waals surface area contributed by atoms with Crippen molar-refractivity contribution in [1.29, 1.82) is 0 Å². The van der Waals surface area contributed by atoms with Gasteiger partial charge in [0.25, 0.3) is 0 Å². The molecule has 1 amide bonds. The average Bonchev–Trinajstić information content (AvgIpc) is 2.16. The maximum atomic E-state index is 11.6. The van der Waals surface area contributed by atoms with Crippen LogP contribution in [0.4, 0.5) is 0 Å². The third-order valence-corrected chi connectivity index (χ3v) is 2.67. The monoisotopic (exact) mass is 227 g/mol. The Bertz CT molecular complexity index is 234. The van der Waals surface area contributed by atoms with Crippen LogP contribution in [0.5, 0.6) is 0 Å². The molecule has 0 unspecified atom stereocenters. The van der Waals surface area contributed by atoms with E-state index in [9.17, 15) is 9.59 Å². The van der Waals surface area contributed by atoms with Gasteiger partial charge in [0.1, 0.15) is 5.78 Å². The van der Waals surface area contributed by atoms with Crippen molar-refractivity contribution in [2.45, 2.75) is 47.0 Å². The number of hydrogen-bond donors (Lipinski definition) is 0. The number of Topliss-reactive ketones (excluding diaryl/α,β-unsaturated/α-hetero) is 1. The number of hydrogen-bond acceptors (Lipinski definition) is 2. The van der Waals surface area contributed by atoms with E-state index in [1.807, 2.05) is 13.8 Å². The summed E-state index contributed by atoms with van der Waals surface area (Å²) < 4.78 is 0. The molecule has 0 saturated heterocycles. The van der Waals surface area contributed by atoms with Gasteiger partial charge in [-0.25, -0.2) is 0 Å². The van der Waals surface area contributed by atoms with Crippen molar-refractivity contribution in [2.75, 3.05) is 13.6 Å². The van der Waals surface area contributed by atoms with E-state index in [2.05, 4.69) is 13.8 Å². The summed E-state index contributed by atoms with van der Waals surface area (Å²) in [5.74, 6) is 0.594. The molecule has 0 aliphatic carbocycles. The van der Waals surface area contributed by atoms with E-state index in [0.29, 0.717) is 5.92 Å². The lowest BCUT2D eigenvalue weighted by Crippen LogP contribution is -2.30. The lowest BCUT2D eigenvalue weighted by molar-refractivity contribution is -0.135. The molecule has 0 fully saturated rings. The number of nitrogens with zero attached hydrogens (tertiary/aromatic N) is 1. The fourth-order valence-electron chi connectivity index (χ4n) is 1.35. The van der Waals surface area contributed by atoms with Crippen LogP contribution in [0.1, 0.15) is 47.0 Å². The minimum atomic E-state index is -0.0533. The summed E-state index contributed by atoms with van der Waals surface area (Å²) >= 11 is 0. The Labute approximate surface area is 99.2 Å². The summed E-state index contributed by atoms with van der Waals surface area (Å²) in [6.07, 6.45) is 2.18. The molecule has 94 valence electrons. The van der Waals surface area contributed by atoms with E-state index in [4.69, 9.17) is 0 Å². The summed E-state index contributed by atoms with van der Waals surface area (Å²) in [5.41, 5.74) is 0. The van der Waals surface area contributed by atoms with Gasteiger partial charge < -0.3 is 4.90 Å². The minimum absolute atomic E-state index is 0.0284. The second-order valence-corrected chi connectivity index (χ2v) is 5.15. The molecule has 0 spiro atoms. The van der Waals surface area contributed by atoms with Gasteiger partial charge in [-0.3, -0.25) is 9.59 Å². The number of amides is 1. The Kier molecular flexibility index (Phi) is 7.02. The molecule has 0 atom stereocenters. The van der Waals surface area contributed by atoms with Gasteiger partial charge in [0, 0.05) is 19.5 Å². The van der Waals surface area contributed by atoms with E-state index in [1.165, 1.54) is 0 Å². The van der Waals surface area contributed by atoms with Crippen molar-refractivity contribution in [2.24, 2.45) is 11.8 Å². The molecule has 3 heteroatoms. The molecule has 0 aromatic heterocycles. The second-order valence-electron chi connectivity index (χ2n) is 5.15. The Morgan fingerprint density at radius 3 is 2.12 bits per heavy atom. The Morgan fingerprint density at radius 2 is 1.69 bits per heavy atom. The van der Waals surface area contributed by atoms with Crippen LogP contribution in [-0.4, -0.2) is 30.2 Å². The van der Waals surface area contributed by atoms with Gasteiger partial charge in [0.2, 0.25) is 5.91 Å². The number of ketones is 1.